The Hall–Kier alpha value is -4.49. The topological polar surface area (TPSA) is 62.2 Å². The summed E-state index contributed by atoms with van der Waals surface area (Å²) in [6, 6.07) is 30.4. The van der Waals surface area contributed by atoms with Crippen LogP contribution in [0.3, 0.4) is 0 Å². The lowest BCUT2D eigenvalue weighted by Crippen LogP contribution is -2.33. The molecule has 3 aromatic carbocycles. The third kappa shape index (κ3) is 5.09. The van der Waals surface area contributed by atoms with Crippen LogP contribution in [0.2, 0.25) is 0 Å². The quantitative estimate of drug-likeness (QED) is 0.211. The zero-order chi connectivity index (χ0) is 28.5. The van der Waals surface area contributed by atoms with Gasteiger partial charge in [0.1, 0.15) is 0 Å². The number of pyridine rings is 1. The predicted octanol–water partition coefficient (Wildman–Crippen LogP) is 6.95. The lowest BCUT2D eigenvalue weighted by Gasteiger charge is -2.28. The molecule has 0 unspecified atom stereocenters. The molecular formula is C34H33N5OS. The second kappa shape index (κ2) is 11.2. The van der Waals surface area contributed by atoms with Crippen molar-refractivity contribution in [2.75, 3.05) is 11.9 Å². The molecule has 1 fully saturated rings. The highest BCUT2D eigenvalue weighted by molar-refractivity contribution is 7.80. The third-order valence-corrected chi connectivity index (χ3v) is 8.34. The van der Waals surface area contributed by atoms with Gasteiger partial charge in [0, 0.05) is 47.3 Å². The molecule has 0 radical (unpaired) electrons. The van der Waals surface area contributed by atoms with Gasteiger partial charge in [-0.15, -0.1) is 0 Å². The first-order chi connectivity index (χ1) is 19.9. The van der Waals surface area contributed by atoms with Crippen LogP contribution in [0.5, 0.6) is 0 Å². The van der Waals surface area contributed by atoms with E-state index in [1.54, 1.807) is 0 Å². The molecule has 2 aromatic heterocycles. The SMILES string of the molecule is Cc1ccccc1-n1c(C)cc([C@H]2[C@@H](c3ccccn3)NC(=S)N2CCC(=O)Nc2cccc3ccccc23)c1C. The molecule has 1 aliphatic rings. The van der Waals surface area contributed by atoms with Crippen LogP contribution >= 0.6 is 12.2 Å². The molecule has 1 saturated heterocycles. The van der Waals surface area contributed by atoms with Crippen LogP contribution in [0.15, 0.2) is 97.2 Å². The highest BCUT2D eigenvalue weighted by atomic mass is 32.1. The average Bonchev–Trinajstić information content (AvgIpc) is 3.47. The van der Waals surface area contributed by atoms with E-state index in [1.165, 1.54) is 11.1 Å². The molecule has 41 heavy (non-hydrogen) atoms. The van der Waals surface area contributed by atoms with E-state index >= 15 is 0 Å². The molecule has 1 aliphatic heterocycles. The molecule has 0 bridgehead atoms. The highest BCUT2D eigenvalue weighted by Crippen LogP contribution is 2.41. The van der Waals surface area contributed by atoms with Gasteiger partial charge in [-0.05, 0) is 79.8 Å². The van der Waals surface area contributed by atoms with E-state index < -0.39 is 0 Å². The highest BCUT2D eigenvalue weighted by Gasteiger charge is 2.41. The Morgan fingerprint density at radius 3 is 2.51 bits per heavy atom. The molecule has 206 valence electrons. The van der Waals surface area contributed by atoms with E-state index in [1.807, 2.05) is 54.7 Å². The van der Waals surface area contributed by atoms with Crippen LogP contribution in [0.1, 0.15) is 46.7 Å². The summed E-state index contributed by atoms with van der Waals surface area (Å²) < 4.78 is 2.31. The Kier molecular flexibility index (Phi) is 7.28. The number of aryl methyl sites for hydroxylation is 2. The van der Waals surface area contributed by atoms with Gasteiger partial charge in [-0.25, -0.2) is 0 Å². The number of benzene rings is 3. The number of anilines is 1. The molecule has 5 aromatic rings. The van der Waals surface area contributed by atoms with Gasteiger partial charge < -0.3 is 20.1 Å². The number of rotatable bonds is 7. The number of hydrogen-bond donors (Lipinski definition) is 2. The van der Waals surface area contributed by atoms with E-state index in [-0.39, 0.29) is 18.0 Å². The molecule has 0 aliphatic carbocycles. The normalized spacial score (nSPS) is 16.7. The Labute approximate surface area is 246 Å². The summed E-state index contributed by atoms with van der Waals surface area (Å²) in [6.45, 7) is 6.92. The summed E-state index contributed by atoms with van der Waals surface area (Å²) in [4.78, 5) is 20.1. The van der Waals surface area contributed by atoms with Crippen LogP contribution < -0.4 is 10.6 Å². The number of nitrogens with zero attached hydrogens (tertiary/aromatic N) is 3. The predicted molar refractivity (Wildman–Crippen MR) is 169 cm³/mol. The van der Waals surface area contributed by atoms with E-state index in [9.17, 15) is 4.79 Å². The van der Waals surface area contributed by atoms with E-state index in [0.29, 0.717) is 18.1 Å². The van der Waals surface area contributed by atoms with Gasteiger partial charge in [-0.2, -0.15) is 0 Å². The van der Waals surface area contributed by atoms with E-state index in [4.69, 9.17) is 12.2 Å². The Bertz CT molecular complexity index is 1740. The van der Waals surface area contributed by atoms with Gasteiger partial charge in [0.15, 0.2) is 5.11 Å². The van der Waals surface area contributed by atoms with Crippen molar-refractivity contribution in [3.63, 3.8) is 0 Å². The van der Waals surface area contributed by atoms with Crippen LogP contribution in [-0.4, -0.2) is 32.0 Å². The molecule has 1 amide bonds. The van der Waals surface area contributed by atoms with Crippen molar-refractivity contribution in [3.8, 4) is 5.69 Å². The monoisotopic (exact) mass is 559 g/mol. The summed E-state index contributed by atoms with van der Waals surface area (Å²) in [5.74, 6) is -0.0467. The summed E-state index contributed by atoms with van der Waals surface area (Å²) in [5.41, 5.74) is 7.59. The van der Waals surface area contributed by atoms with Crippen LogP contribution in [0.25, 0.3) is 16.5 Å². The molecule has 0 spiro atoms. The molecule has 6 nitrogen and oxygen atoms in total. The van der Waals surface area contributed by atoms with Gasteiger partial charge in [0.05, 0.1) is 17.8 Å². The van der Waals surface area contributed by atoms with Crippen molar-refractivity contribution in [1.29, 1.82) is 0 Å². The maximum atomic E-state index is 13.2. The van der Waals surface area contributed by atoms with Gasteiger partial charge >= 0.3 is 0 Å². The fraction of sp³-hybridized carbons (Fsp3) is 0.206. The molecule has 3 heterocycles. The van der Waals surface area contributed by atoms with Crippen LogP contribution in [0.4, 0.5) is 5.69 Å². The minimum atomic E-state index is -0.143. The van der Waals surface area contributed by atoms with Crippen molar-refractivity contribution in [1.82, 2.24) is 19.8 Å². The number of amides is 1. The van der Waals surface area contributed by atoms with Gasteiger partial charge in [0.25, 0.3) is 0 Å². The van der Waals surface area contributed by atoms with Crippen molar-refractivity contribution in [3.05, 3.63) is 125 Å². The Morgan fingerprint density at radius 1 is 0.951 bits per heavy atom. The fourth-order valence-electron chi connectivity index (χ4n) is 6.03. The second-order valence-electron chi connectivity index (χ2n) is 10.6. The lowest BCUT2D eigenvalue weighted by molar-refractivity contribution is -0.116. The third-order valence-electron chi connectivity index (χ3n) is 7.99. The molecule has 2 atom stereocenters. The summed E-state index contributed by atoms with van der Waals surface area (Å²) >= 11 is 5.89. The molecule has 6 rings (SSSR count). The maximum absolute atomic E-state index is 13.2. The second-order valence-corrected chi connectivity index (χ2v) is 11.0. The molecule has 2 N–H and O–H groups in total. The summed E-state index contributed by atoms with van der Waals surface area (Å²) in [7, 11) is 0. The number of carbonyl (C=O) groups is 1. The van der Waals surface area contributed by atoms with Crippen molar-refractivity contribution in [2.45, 2.75) is 39.3 Å². The van der Waals surface area contributed by atoms with Crippen LogP contribution in [0, 0.1) is 20.8 Å². The number of para-hydroxylation sites is 1. The Balaban J connectivity index is 1.32. The molecule has 0 saturated carbocycles. The van der Waals surface area contributed by atoms with Crippen LogP contribution in [-0.2, 0) is 4.79 Å². The van der Waals surface area contributed by atoms with E-state index in [2.05, 4.69) is 88.3 Å². The Morgan fingerprint density at radius 2 is 1.71 bits per heavy atom. The number of hydrogen-bond acceptors (Lipinski definition) is 3. The maximum Gasteiger partial charge on any atom is 0.226 e. The first-order valence-electron chi connectivity index (χ1n) is 13.9. The van der Waals surface area contributed by atoms with Crippen molar-refractivity contribution in [2.24, 2.45) is 0 Å². The lowest BCUT2D eigenvalue weighted by atomic mass is 9.96. The van der Waals surface area contributed by atoms with Gasteiger partial charge in [-0.1, -0.05) is 60.7 Å². The zero-order valence-corrected chi connectivity index (χ0v) is 24.3. The minimum absolute atomic E-state index is 0.0467. The number of nitrogens with one attached hydrogen (secondary N) is 2. The first kappa shape index (κ1) is 26.7. The standard InChI is InChI=1S/C34H33N5OS/c1-22-11-4-7-17-30(22)39-23(2)21-27(24(39)3)33-32(29-15-8-9-19-35-29)37-34(41)38(33)20-18-31(40)36-28-16-10-13-25-12-5-6-14-26(25)28/h4-17,19,21,32-33H,18,20H2,1-3H3,(H,36,40)(H,37,41)/t32-,33+/m1/s1. The van der Waals surface area contributed by atoms with Crippen molar-refractivity contribution < 1.29 is 4.79 Å². The molecule has 7 heteroatoms. The fourth-order valence-corrected chi connectivity index (χ4v) is 6.36. The number of fused-ring (bicyclic) bond motifs is 1. The zero-order valence-electron chi connectivity index (χ0n) is 23.5. The first-order valence-corrected chi connectivity index (χ1v) is 14.3. The summed E-state index contributed by atoms with van der Waals surface area (Å²) in [5, 5.41) is 9.41. The van der Waals surface area contributed by atoms with Gasteiger partial charge in [0.2, 0.25) is 5.91 Å². The van der Waals surface area contributed by atoms with Crippen molar-refractivity contribution >= 4 is 39.7 Å². The minimum Gasteiger partial charge on any atom is -0.352 e. The van der Waals surface area contributed by atoms with E-state index in [0.717, 1.165) is 39.2 Å². The number of carbonyl (C=O) groups excluding carboxylic acids is 1. The van der Waals surface area contributed by atoms with Gasteiger partial charge in [-0.3, -0.25) is 9.78 Å². The number of aromatic nitrogens is 2. The smallest absolute Gasteiger partial charge is 0.226 e. The summed E-state index contributed by atoms with van der Waals surface area (Å²) in [6.07, 6.45) is 2.11. The molecular weight excluding hydrogens is 526 g/mol. The number of thiocarbonyl (C=S) groups is 1. The average molecular weight is 560 g/mol. The largest absolute Gasteiger partial charge is 0.352 e.